The molecular formula is C15H17N3O2. The van der Waals surface area contributed by atoms with Crippen LogP contribution in [-0.2, 0) is 11.3 Å². The van der Waals surface area contributed by atoms with Gasteiger partial charge in [-0.1, -0.05) is 13.8 Å². The fraction of sp³-hybridized carbons (Fsp3) is 0.400. The first-order valence-corrected chi connectivity index (χ1v) is 6.84. The third kappa shape index (κ3) is 1.99. The summed E-state index contributed by atoms with van der Waals surface area (Å²) in [5.41, 5.74) is 3.19. The minimum absolute atomic E-state index is 0.351. The maximum Gasteiger partial charge on any atom is 0.356 e. The van der Waals surface area contributed by atoms with Crippen molar-refractivity contribution in [3.05, 3.63) is 24.0 Å². The molecule has 0 saturated carbocycles. The van der Waals surface area contributed by atoms with Gasteiger partial charge < -0.3 is 9.30 Å². The van der Waals surface area contributed by atoms with Gasteiger partial charge >= 0.3 is 5.97 Å². The van der Waals surface area contributed by atoms with Crippen LogP contribution in [0.2, 0.25) is 0 Å². The van der Waals surface area contributed by atoms with Crippen molar-refractivity contribution in [2.45, 2.75) is 27.3 Å². The first-order chi connectivity index (χ1) is 9.60. The molecule has 0 bridgehead atoms. The van der Waals surface area contributed by atoms with E-state index in [2.05, 4.69) is 28.4 Å². The van der Waals surface area contributed by atoms with Crippen LogP contribution in [0.25, 0.3) is 11.3 Å². The summed E-state index contributed by atoms with van der Waals surface area (Å²) >= 11 is 0. The minimum Gasteiger partial charge on any atom is -0.461 e. The number of fused-ring (bicyclic) bond motifs is 3. The van der Waals surface area contributed by atoms with Crippen molar-refractivity contribution in [1.29, 1.82) is 0 Å². The lowest BCUT2D eigenvalue weighted by Gasteiger charge is -2.06. The summed E-state index contributed by atoms with van der Waals surface area (Å²) in [6.07, 6.45) is 1.97. The second-order valence-electron chi connectivity index (χ2n) is 5.19. The van der Waals surface area contributed by atoms with Gasteiger partial charge in [-0.2, -0.15) is 0 Å². The van der Waals surface area contributed by atoms with Crippen LogP contribution in [0.4, 0.5) is 5.82 Å². The van der Waals surface area contributed by atoms with Crippen LogP contribution >= 0.6 is 0 Å². The van der Waals surface area contributed by atoms with E-state index in [1.165, 1.54) is 0 Å². The van der Waals surface area contributed by atoms with Gasteiger partial charge in [-0.25, -0.2) is 14.8 Å². The zero-order valence-electron chi connectivity index (χ0n) is 11.9. The maximum atomic E-state index is 11.8. The zero-order chi connectivity index (χ0) is 14.3. The molecule has 0 atom stereocenters. The predicted octanol–water partition coefficient (Wildman–Crippen LogP) is 2.91. The summed E-state index contributed by atoms with van der Waals surface area (Å²) in [5, 5.41) is 0. The van der Waals surface area contributed by atoms with Crippen LogP contribution in [0, 0.1) is 5.92 Å². The number of rotatable bonds is 3. The number of pyridine rings is 1. The van der Waals surface area contributed by atoms with E-state index in [4.69, 9.17) is 4.74 Å². The van der Waals surface area contributed by atoms with E-state index >= 15 is 0 Å². The Morgan fingerprint density at radius 2 is 2.30 bits per heavy atom. The summed E-state index contributed by atoms with van der Waals surface area (Å²) < 4.78 is 7.08. The van der Waals surface area contributed by atoms with Gasteiger partial charge in [-0.15, -0.1) is 0 Å². The predicted molar refractivity (Wildman–Crippen MR) is 76.7 cm³/mol. The lowest BCUT2D eigenvalue weighted by Crippen LogP contribution is -2.10. The third-order valence-corrected chi connectivity index (χ3v) is 3.46. The summed E-state index contributed by atoms with van der Waals surface area (Å²) in [6, 6.07) is 3.69. The molecule has 0 unspecified atom stereocenters. The monoisotopic (exact) mass is 271 g/mol. The van der Waals surface area contributed by atoms with Gasteiger partial charge in [0, 0.05) is 17.5 Å². The minimum atomic E-state index is -0.381. The Balaban J connectivity index is 2.06. The number of aromatic nitrogens is 2. The molecule has 5 heteroatoms. The molecule has 0 spiro atoms. The smallest absolute Gasteiger partial charge is 0.356 e. The number of esters is 1. The molecule has 3 aliphatic rings. The van der Waals surface area contributed by atoms with E-state index in [0.29, 0.717) is 18.2 Å². The van der Waals surface area contributed by atoms with E-state index in [0.717, 1.165) is 29.3 Å². The third-order valence-electron chi connectivity index (χ3n) is 3.46. The number of aliphatic imine (C=N–C) groups is 1. The van der Waals surface area contributed by atoms with Gasteiger partial charge in [0.05, 0.1) is 18.8 Å². The number of carbonyl (C=O) groups is 1. The van der Waals surface area contributed by atoms with Crippen molar-refractivity contribution in [3.8, 4) is 11.3 Å². The van der Waals surface area contributed by atoms with Gasteiger partial charge in [0.1, 0.15) is 11.5 Å². The van der Waals surface area contributed by atoms with Gasteiger partial charge in [0.15, 0.2) is 0 Å². The van der Waals surface area contributed by atoms with Crippen LogP contribution < -0.4 is 0 Å². The second kappa shape index (κ2) is 4.74. The van der Waals surface area contributed by atoms with E-state index in [9.17, 15) is 4.79 Å². The number of hydrogen-bond donors (Lipinski definition) is 0. The van der Waals surface area contributed by atoms with Gasteiger partial charge in [0.25, 0.3) is 0 Å². The highest BCUT2D eigenvalue weighted by molar-refractivity contribution is 5.96. The van der Waals surface area contributed by atoms with Gasteiger partial charge in [-0.05, 0) is 25.0 Å². The molecule has 0 aromatic carbocycles. The molecule has 5 nitrogen and oxygen atoms in total. The van der Waals surface area contributed by atoms with Crippen molar-refractivity contribution in [1.82, 2.24) is 9.55 Å². The van der Waals surface area contributed by atoms with Crippen molar-refractivity contribution in [2.75, 3.05) is 6.61 Å². The van der Waals surface area contributed by atoms with E-state index in [-0.39, 0.29) is 5.97 Å². The highest BCUT2D eigenvalue weighted by Gasteiger charge is 2.24. The Labute approximate surface area is 117 Å². The molecule has 0 amide bonds. The molecule has 20 heavy (non-hydrogen) atoms. The first kappa shape index (κ1) is 12.8. The molecule has 0 aromatic heterocycles. The molecule has 104 valence electrons. The quantitative estimate of drug-likeness (QED) is 0.806. The molecule has 0 saturated heterocycles. The standard InChI is InChI=1S/C15H17N3O2/c1-4-20-15(19)12-7-10-11(16-12)5-6-18-8-13(9(2)3)17-14(10)18/h5-7,9H,4,8H2,1-3H3. The Bertz CT molecular complexity index is 670. The van der Waals surface area contributed by atoms with E-state index in [1.807, 2.05) is 12.3 Å². The van der Waals surface area contributed by atoms with Crippen LogP contribution in [0.3, 0.4) is 0 Å². The number of nitrogens with zero attached hydrogens (tertiary/aromatic N) is 3. The maximum absolute atomic E-state index is 11.8. The number of hydrogen-bond acceptors (Lipinski definition) is 4. The van der Waals surface area contributed by atoms with Gasteiger partial charge in [-0.3, -0.25) is 0 Å². The Morgan fingerprint density at radius 3 is 3.00 bits per heavy atom. The van der Waals surface area contributed by atoms with Crippen LogP contribution in [0.5, 0.6) is 0 Å². The lowest BCUT2D eigenvalue weighted by molar-refractivity contribution is 0.0520. The summed E-state index contributed by atoms with van der Waals surface area (Å²) in [6.45, 7) is 7.21. The number of ether oxygens (including phenoxy) is 1. The normalized spacial score (nSPS) is 13.7. The highest BCUT2D eigenvalue weighted by Crippen LogP contribution is 2.36. The molecule has 3 rings (SSSR count). The average Bonchev–Trinajstić information content (AvgIpc) is 3.02. The fourth-order valence-corrected chi connectivity index (χ4v) is 2.34. The van der Waals surface area contributed by atoms with E-state index in [1.54, 1.807) is 13.0 Å². The molecule has 0 radical (unpaired) electrons. The van der Waals surface area contributed by atoms with Crippen molar-refractivity contribution < 1.29 is 9.53 Å². The topological polar surface area (TPSA) is 56.5 Å². The van der Waals surface area contributed by atoms with Crippen LogP contribution in [0.15, 0.2) is 23.3 Å². The molecule has 3 heterocycles. The Hall–Kier alpha value is -2.17. The molecule has 0 aliphatic carbocycles. The van der Waals surface area contributed by atoms with Crippen LogP contribution in [0.1, 0.15) is 31.3 Å². The fourth-order valence-electron chi connectivity index (χ4n) is 2.34. The van der Waals surface area contributed by atoms with E-state index < -0.39 is 0 Å². The van der Waals surface area contributed by atoms with Crippen molar-refractivity contribution >= 4 is 17.5 Å². The SMILES string of the molecule is CCOC(=O)c1cc2c3n(ccc-2n1)CC(C(C)C)=N3. The molecule has 3 aliphatic heterocycles. The van der Waals surface area contributed by atoms with Gasteiger partial charge in [0.2, 0.25) is 0 Å². The van der Waals surface area contributed by atoms with Crippen molar-refractivity contribution in [3.63, 3.8) is 0 Å². The first-order valence-electron chi connectivity index (χ1n) is 6.84. The Morgan fingerprint density at radius 1 is 1.50 bits per heavy atom. The summed E-state index contributed by atoms with van der Waals surface area (Å²) in [4.78, 5) is 20.8. The van der Waals surface area contributed by atoms with Crippen molar-refractivity contribution in [2.24, 2.45) is 10.9 Å². The highest BCUT2D eigenvalue weighted by atomic mass is 16.5. The lowest BCUT2D eigenvalue weighted by atomic mass is 10.1. The molecule has 0 fully saturated rings. The number of carbonyl (C=O) groups excluding carboxylic acids is 1. The molecular weight excluding hydrogens is 254 g/mol. The molecule has 0 aromatic rings. The van der Waals surface area contributed by atoms with Crippen LogP contribution in [-0.4, -0.2) is 27.8 Å². The molecule has 0 N–H and O–H groups in total. The Kier molecular flexibility index (Phi) is 3.04. The average molecular weight is 271 g/mol. The summed E-state index contributed by atoms with van der Waals surface area (Å²) in [7, 11) is 0. The largest absolute Gasteiger partial charge is 0.461 e. The second-order valence-corrected chi connectivity index (χ2v) is 5.19. The summed E-state index contributed by atoms with van der Waals surface area (Å²) in [5.74, 6) is 0.917. The zero-order valence-corrected chi connectivity index (χ0v) is 11.9.